The van der Waals surface area contributed by atoms with Gasteiger partial charge in [-0.3, -0.25) is 0 Å². The summed E-state index contributed by atoms with van der Waals surface area (Å²) < 4.78 is 98.6. The van der Waals surface area contributed by atoms with Crippen molar-refractivity contribution >= 4 is 17.9 Å². The van der Waals surface area contributed by atoms with Crippen molar-refractivity contribution in [2.24, 2.45) is 5.41 Å². The van der Waals surface area contributed by atoms with E-state index in [2.05, 4.69) is 26.7 Å². The molecule has 0 heterocycles. The zero-order valence-corrected chi connectivity index (χ0v) is 39.5. The molecule has 0 saturated heterocycles. The molecule has 0 unspecified atom stereocenters. The van der Waals surface area contributed by atoms with Crippen LogP contribution in [-0.4, -0.2) is 236 Å². The Morgan fingerprint density at radius 3 is 0.591 bits per heavy atom. The van der Waals surface area contributed by atoms with Gasteiger partial charge in [0.05, 0.1) is 198 Å². The average molecular weight is 957 g/mol. The molecule has 0 amide bonds. The van der Waals surface area contributed by atoms with Crippen LogP contribution in [0.5, 0.6) is 0 Å². The highest BCUT2D eigenvalue weighted by molar-refractivity contribution is 5.81. The highest BCUT2D eigenvalue weighted by Crippen LogP contribution is 2.24. The molecule has 0 aromatic carbocycles. The molecule has 0 aliphatic heterocycles. The van der Waals surface area contributed by atoms with Crippen molar-refractivity contribution in [2.75, 3.05) is 218 Å². The van der Waals surface area contributed by atoms with Gasteiger partial charge in [-0.2, -0.15) is 0 Å². The van der Waals surface area contributed by atoms with Gasteiger partial charge in [-0.15, -0.1) is 0 Å². The highest BCUT2D eigenvalue weighted by Gasteiger charge is 2.30. The van der Waals surface area contributed by atoms with Gasteiger partial charge >= 0.3 is 17.9 Å². The molecule has 0 rings (SSSR count). The Hall–Kier alpha value is -2.97. The second kappa shape index (κ2) is 51.4. The molecule has 66 heavy (non-hydrogen) atoms. The van der Waals surface area contributed by atoms with Gasteiger partial charge in [-0.05, 0) is 6.42 Å². The average Bonchev–Trinajstić information content (AvgIpc) is 3.33. The second-order valence-corrected chi connectivity index (χ2v) is 13.5. The third-order valence-electron chi connectivity index (χ3n) is 8.35. The molecular weight excluding hydrogens is 876 g/mol. The zero-order valence-electron chi connectivity index (χ0n) is 39.5. The van der Waals surface area contributed by atoms with Crippen molar-refractivity contribution in [1.29, 1.82) is 0 Å². The number of hydrogen-bond donors (Lipinski definition) is 0. The maximum Gasteiger partial charge on any atom is 0.330 e. The van der Waals surface area contributed by atoms with Crippen LogP contribution in [0.4, 0.5) is 0 Å². The van der Waals surface area contributed by atoms with E-state index in [0.29, 0.717) is 198 Å². The summed E-state index contributed by atoms with van der Waals surface area (Å²) in [5.41, 5.74) is -0.397. The molecule has 0 aromatic heterocycles. The number of esters is 3. The molecule has 0 aliphatic carbocycles. The van der Waals surface area contributed by atoms with E-state index in [4.69, 9.17) is 85.3 Å². The van der Waals surface area contributed by atoms with Crippen molar-refractivity contribution in [3.63, 3.8) is 0 Å². The van der Waals surface area contributed by atoms with Crippen LogP contribution in [-0.2, 0) is 99.6 Å². The van der Waals surface area contributed by atoms with Crippen molar-refractivity contribution < 1.29 is 99.6 Å². The number of hydrogen-bond acceptors (Lipinski definition) is 21. The predicted octanol–water partition coefficient (Wildman–Crippen LogP) is 1.82. The van der Waals surface area contributed by atoms with E-state index in [1.54, 1.807) is 0 Å². The van der Waals surface area contributed by atoms with Crippen molar-refractivity contribution in [3.8, 4) is 0 Å². The van der Waals surface area contributed by atoms with Crippen LogP contribution in [0.1, 0.15) is 13.3 Å². The molecule has 0 aliphatic rings. The van der Waals surface area contributed by atoms with Crippen LogP contribution in [0, 0.1) is 5.41 Å². The first-order valence-electron chi connectivity index (χ1n) is 22.5. The summed E-state index contributed by atoms with van der Waals surface area (Å²) in [7, 11) is 0. The van der Waals surface area contributed by atoms with Gasteiger partial charge in [0.1, 0.15) is 19.8 Å². The summed E-state index contributed by atoms with van der Waals surface area (Å²) in [5, 5.41) is 0. The van der Waals surface area contributed by atoms with Crippen molar-refractivity contribution in [2.45, 2.75) is 13.3 Å². The number of carbonyl (C=O) groups is 3. The van der Waals surface area contributed by atoms with E-state index in [1.165, 1.54) is 0 Å². The number of rotatable bonds is 55. The number of ether oxygens (including phenoxy) is 18. The van der Waals surface area contributed by atoms with Crippen LogP contribution in [0.2, 0.25) is 0 Å². The van der Waals surface area contributed by atoms with Gasteiger partial charge in [0.15, 0.2) is 0 Å². The molecule has 0 saturated carbocycles. The zero-order chi connectivity index (χ0) is 48.1. The monoisotopic (exact) mass is 957 g/mol. The van der Waals surface area contributed by atoms with Crippen LogP contribution in [0.25, 0.3) is 0 Å². The largest absolute Gasteiger partial charge is 0.460 e. The lowest BCUT2D eigenvalue weighted by atomic mass is 9.88. The smallest absolute Gasteiger partial charge is 0.330 e. The van der Waals surface area contributed by atoms with Crippen molar-refractivity contribution in [3.05, 3.63) is 38.0 Å². The first-order valence-corrected chi connectivity index (χ1v) is 22.5. The predicted molar refractivity (Wildman–Crippen MR) is 238 cm³/mol. The maximum absolute atomic E-state index is 11.0. The molecular formula is C45H80O21. The van der Waals surface area contributed by atoms with Gasteiger partial charge in [-0.25, -0.2) is 14.4 Å². The lowest BCUT2D eigenvalue weighted by Crippen LogP contribution is -2.38. The molecule has 0 N–H and O–H groups in total. The second-order valence-electron chi connectivity index (χ2n) is 13.5. The van der Waals surface area contributed by atoms with Gasteiger partial charge in [0.25, 0.3) is 0 Å². The minimum atomic E-state index is -0.478. The van der Waals surface area contributed by atoms with E-state index >= 15 is 0 Å². The van der Waals surface area contributed by atoms with Gasteiger partial charge in [0, 0.05) is 23.6 Å². The molecule has 21 heteroatoms. The molecule has 386 valence electrons. The molecule has 0 fully saturated rings. The molecule has 0 radical (unpaired) electrons. The van der Waals surface area contributed by atoms with Crippen LogP contribution in [0.3, 0.4) is 0 Å². The summed E-state index contributed by atoms with van der Waals surface area (Å²) in [5.74, 6) is -1.43. The third-order valence-corrected chi connectivity index (χ3v) is 8.35. The van der Waals surface area contributed by atoms with Gasteiger partial charge in [0.2, 0.25) is 0 Å². The Balaban J connectivity index is 4.24. The van der Waals surface area contributed by atoms with Crippen LogP contribution >= 0.6 is 0 Å². The molecule has 0 spiro atoms. The topological polar surface area (TPSA) is 217 Å². The third kappa shape index (κ3) is 46.2. The standard InChI is InChI=1S/C45H80O21/c1-5-42(46)64-36-33-58-24-21-52-12-9-49-15-18-55-27-30-61-39-45(8-4,40-62-31-28-56-19-16-50-10-13-53-22-25-59-34-37-65-43(47)6-2)41-63-32-29-57-20-17-51-11-14-54-23-26-60-35-38-66-44(48)7-3/h5-7H,1-3,8-41H2,4H3. The highest BCUT2D eigenvalue weighted by atomic mass is 16.6. The van der Waals surface area contributed by atoms with Gasteiger partial charge in [-0.1, -0.05) is 26.7 Å². The lowest BCUT2D eigenvalue weighted by Gasteiger charge is -2.32. The first kappa shape index (κ1) is 63.0. The normalized spacial score (nSPS) is 11.4. The fourth-order valence-corrected chi connectivity index (χ4v) is 4.72. The van der Waals surface area contributed by atoms with Crippen molar-refractivity contribution in [1.82, 2.24) is 0 Å². The van der Waals surface area contributed by atoms with E-state index in [0.717, 1.165) is 24.6 Å². The lowest BCUT2D eigenvalue weighted by molar-refractivity contribution is -0.140. The Morgan fingerprint density at radius 2 is 0.439 bits per heavy atom. The summed E-state index contributed by atoms with van der Waals surface area (Å²) in [6.07, 6.45) is 4.07. The molecule has 21 nitrogen and oxygen atoms in total. The van der Waals surface area contributed by atoms with E-state index in [-0.39, 0.29) is 19.8 Å². The minimum absolute atomic E-state index is 0.171. The Bertz CT molecular complexity index is 998. The van der Waals surface area contributed by atoms with E-state index in [9.17, 15) is 14.4 Å². The summed E-state index contributed by atoms with van der Waals surface area (Å²) in [6, 6.07) is 0. The summed E-state index contributed by atoms with van der Waals surface area (Å²) >= 11 is 0. The first-order chi connectivity index (χ1) is 32.4. The number of carbonyl (C=O) groups excluding carboxylic acids is 3. The minimum Gasteiger partial charge on any atom is -0.460 e. The SMILES string of the molecule is C=CC(=O)OCCOCCOCCOCCOCCOCC(CC)(COCCOCCOCCOCCOCCOC(=O)C=C)COCCOCCOCCOCCOCCOC(=O)C=C. The van der Waals surface area contributed by atoms with Gasteiger partial charge < -0.3 is 85.3 Å². The van der Waals surface area contributed by atoms with Crippen LogP contribution < -0.4 is 0 Å². The molecule has 0 bridgehead atoms. The Morgan fingerprint density at radius 1 is 0.288 bits per heavy atom. The fourth-order valence-electron chi connectivity index (χ4n) is 4.72. The summed E-state index contributed by atoms with van der Waals surface area (Å²) in [6.45, 7) is 24.5. The van der Waals surface area contributed by atoms with Crippen LogP contribution in [0.15, 0.2) is 38.0 Å². The van der Waals surface area contributed by atoms with E-state index < -0.39 is 23.3 Å². The Labute approximate surface area is 391 Å². The summed E-state index contributed by atoms with van der Waals surface area (Å²) in [4.78, 5) is 32.9. The fraction of sp³-hybridized carbons (Fsp3) is 0.800. The maximum atomic E-state index is 11.0. The Kier molecular flexibility index (Phi) is 49.1. The van der Waals surface area contributed by atoms with E-state index in [1.807, 2.05) is 0 Å². The quantitative estimate of drug-likeness (QED) is 0.0368. The molecule has 0 atom stereocenters. The molecule has 0 aromatic rings.